The summed E-state index contributed by atoms with van der Waals surface area (Å²) in [4.78, 5) is 0. The highest BCUT2D eigenvalue weighted by atomic mass is 16.3. The molecular weight excluding hydrogens is 212 g/mol. The third kappa shape index (κ3) is 2.44. The Bertz CT molecular complexity index is 517. The number of nitrogens with one attached hydrogen (secondary N) is 1. The van der Waals surface area contributed by atoms with Crippen molar-refractivity contribution >= 4 is 11.4 Å². The summed E-state index contributed by atoms with van der Waals surface area (Å²) in [7, 11) is 0. The minimum Gasteiger partial charge on any atom is -0.464 e. The molecule has 0 saturated carbocycles. The summed E-state index contributed by atoms with van der Waals surface area (Å²) in [6.07, 6.45) is 0. The molecule has 0 bridgehead atoms. The largest absolute Gasteiger partial charge is 0.464 e. The van der Waals surface area contributed by atoms with E-state index in [0.29, 0.717) is 0 Å². The maximum absolute atomic E-state index is 6.02. The minimum atomic E-state index is 0.104. The van der Waals surface area contributed by atoms with Crippen LogP contribution in [0.15, 0.2) is 34.7 Å². The van der Waals surface area contributed by atoms with Crippen LogP contribution >= 0.6 is 0 Å². The summed E-state index contributed by atoms with van der Waals surface area (Å²) in [6, 6.07) is 10.0. The van der Waals surface area contributed by atoms with Gasteiger partial charge in [-0.05, 0) is 44.5 Å². The van der Waals surface area contributed by atoms with Crippen molar-refractivity contribution in [3.63, 3.8) is 0 Å². The first-order valence-electron chi connectivity index (χ1n) is 5.76. The molecule has 0 amide bonds. The predicted molar refractivity (Wildman–Crippen MR) is 71.1 cm³/mol. The van der Waals surface area contributed by atoms with Gasteiger partial charge in [-0.2, -0.15) is 0 Å². The second kappa shape index (κ2) is 4.53. The van der Waals surface area contributed by atoms with E-state index in [0.717, 1.165) is 28.5 Å². The van der Waals surface area contributed by atoms with Crippen LogP contribution in [0.4, 0.5) is 11.4 Å². The third-order valence-electron chi connectivity index (χ3n) is 2.88. The van der Waals surface area contributed by atoms with Gasteiger partial charge in [0.25, 0.3) is 0 Å². The Morgan fingerprint density at radius 2 is 1.94 bits per heavy atom. The maximum atomic E-state index is 6.02. The molecule has 0 spiro atoms. The number of benzene rings is 1. The number of anilines is 2. The van der Waals surface area contributed by atoms with Crippen molar-refractivity contribution in [2.45, 2.75) is 26.8 Å². The van der Waals surface area contributed by atoms with Crippen molar-refractivity contribution in [3.05, 3.63) is 47.4 Å². The molecule has 90 valence electrons. The van der Waals surface area contributed by atoms with E-state index in [2.05, 4.69) is 12.2 Å². The van der Waals surface area contributed by atoms with Gasteiger partial charge in [-0.25, -0.2) is 0 Å². The van der Waals surface area contributed by atoms with Gasteiger partial charge in [-0.15, -0.1) is 0 Å². The van der Waals surface area contributed by atoms with Crippen LogP contribution in [0.3, 0.4) is 0 Å². The highest BCUT2D eigenvalue weighted by Gasteiger charge is 2.11. The first-order chi connectivity index (χ1) is 8.08. The van der Waals surface area contributed by atoms with E-state index in [1.54, 1.807) is 0 Å². The Balaban J connectivity index is 2.18. The van der Waals surface area contributed by atoms with Crippen molar-refractivity contribution in [1.29, 1.82) is 0 Å². The molecule has 0 saturated heterocycles. The maximum Gasteiger partial charge on any atom is 0.126 e. The molecule has 0 fully saturated rings. The molecule has 0 aliphatic rings. The van der Waals surface area contributed by atoms with Gasteiger partial charge in [0, 0.05) is 0 Å². The van der Waals surface area contributed by atoms with Crippen LogP contribution in [0.2, 0.25) is 0 Å². The Morgan fingerprint density at radius 3 is 2.59 bits per heavy atom. The second-order valence-corrected chi connectivity index (χ2v) is 4.35. The second-order valence-electron chi connectivity index (χ2n) is 4.35. The number of hydrogen-bond acceptors (Lipinski definition) is 3. The first kappa shape index (κ1) is 11.6. The fraction of sp³-hybridized carbons (Fsp3) is 0.286. The van der Waals surface area contributed by atoms with Gasteiger partial charge >= 0.3 is 0 Å². The Hall–Kier alpha value is -1.90. The Labute approximate surface area is 102 Å². The molecule has 1 unspecified atom stereocenters. The average Bonchev–Trinajstić information content (AvgIpc) is 2.72. The predicted octanol–water partition coefficient (Wildman–Crippen LogP) is 3.65. The van der Waals surface area contributed by atoms with Gasteiger partial charge in [0.05, 0.1) is 17.4 Å². The molecule has 1 atom stereocenters. The number of para-hydroxylation sites is 1. The van der Waals surface area contributed by atoms with Crippen LogP contribution in [-0.2, 0) is 0 Å². The van der Waals surface area contributed by atoms with Crippen LogP contribution in [0.1, 0.15) is 30.0 Å². The normalized spacial score (nSPS) is 12.4. The summed E-state index contributed by atoms with van der Waals surface area (Å²) in [5.74, 6) is 1.84. The number of nitrogen functional groups attached to an aromatic ring is 1. The van der Waals surface area contributed by atoms with Gasteiger partial charge in [0.1, 0.15) is 11.5 Å². The fourth-order valence-corrected chi connectivity index (χ4v) is 1.80. The zero-order valence-electron chi connectivity index (χ0n) is 10.4. The lowest BCUT2D eigenvalue weighted by Gasteiger charge is -2.15. The van der Waals surface area contributed by atoms with Gasteiger partial charge in [-0.1, -0.05) is 12.1 Å². The van der Waals surface area contributed by atoms with Gasteiger partial charge in [0.15, 0.2) is 0 Å². The lowest BCUT2D eigenvalue weighted by molar-refractivity contribution is 0.467. The van der Waals surface area contributed by atoms with E-state index in [1.165, 1.54) is 0 Å². The molecule has 1 heterocycles. The number of nitrogens with two attached hydrogens (primary N) is 1. The van der Waals surface area contributed by atoms with Crippen LogP contribution in [0, 0.1) is 13.8 Å². The minimum absolute atomic E-state index is 0.104. The van der Waals surface area contributed by atoms with E-state index in [-0.39, 0.29) is 6.04 Å². The summed E-state index contributed by atoms with van der Waals surface area (Å²) < 4.78 is 5.58. The molecular formula is C14H18N2O. The van der Waals surface area contributed by atoms with Gasteiger partial charge in [-0.3, -0.25) is 0 Å². The van der Waals surface area contributed by atoms with Crippen molar-refractivity contribution in [3.8, 4) is 0 Å². The van der Waals surface area contributed by atoms with E-state index in [1.807, 2.05) is 44.2 Å². The lowest BCUT2D eigenvalue weighted by Crippen LogP contribution is -2.08. The molecule has 2 rings (SSSR count). The van der Waals surface area contributed by atoms with Crippen LogP contribution in [0.25, 0.3) is 0 Å². The number of rotatable bonds is 3. The Kier molecular flexibility index (Phi) is 3.09. The molecule has 17 heavy (non-hydrogen) atoms. The number of hydrogen-bond donors (Lipinski definition) is 2. The van der Waals surface area contributed by atoms with Crippen LogP contribution < -0.4 is 11.1 Å². The molecule has 2 aromatic rings. The highest BCUT2D eigenvalue weighted by molar-refractivity contribution is 5.69. The molecule has 0 radical (unpaired) electrons. The quantitative estimate of drug-likeness (QED) is 0.791. The van der Waals surface area contributed by atoms with Crippen molar-refractivity contribution < 1.29 is 4.42 Å². The molecule has 0 aliphatic carbocycles. The fourth-order valence-electron chi connectivity index (χ4n) is 1.80. The zero-order valence-corrected chi connectivity index (χ0v) is 10.4. The van der Waals surface area contributed by atoms with E-state index in [9.17, 15) is 0 Å². The summed E-state index contributed by atoms with van der Waals surface area (Å²) in [6.45, 7) is 6.00. The van der Waals surface area contributed by atoms with E-state index in [4.69, 9.17) is 10.2 Å². The molecule has 3 heteroatoms. The van der Waals surface area contributed by atoms with E-state index >= 15 is 0 Å². The molecule has 0 aliphatic heterocycles. The van der Waals surface area contributed by atoms with Crippen molar-refractivity contribution in [1.82, 2.24) is 0 Å². The van der Waals surface area contributed by atoms with Gasteiger partial charge in [0.2, 0.25) is 0 Å². The van der Waals surface area contributed by atoms with E-state index < -0.39 is 0 Å². The summed E-state index contributed by atoms with van der Waals surface area (Å²) >= 11 is 0. The van der Waals surface area contributed by atoms with Crippen LogP contribution in [0.5, 0.6) is 0 Å². The standard InChI is InChI=1S/C14H18N2O/c1-9-5-4-6-12(14(9)15)16-11(3)13-8-7-10(2)17-13/h4-8,11,16H,15H2,1-3H3. The number of aryl methyl sites for hydroxylation is 2. The van der Waals surface area contributed by atoms with Crippen LogP contribution in [-0.4, -0.2) is 0 Å². The first-order valence-corrected chi connectivity index (χ1v) is 5.76. The Morgan fingerprint density at radius 1 is 1.18 bits per heavy atom. The third-order valence-corrected chi connectivity index (χ3v) is 2.88. The topological polar surface area (TPSA) is 51.2 Å². The zero-order chi connectivity index (χ0) is 12.4. The monoisotopic (exact) mass is 230 g/mol. The lowest BCUT2D eigenvalue weighted by atomic mass is 10.1. The molecule has 1 aromatic heterocycles. The van der Waals surface area contributed by atoms with Crippen molar-refractivity contribution in [2.24, 2.45) is 0 Å². The number of furan rings is 1. The van der Waals surface area contributed by atoms with Gasteiger partial charge < -0.3 is 15.5 Å². The average molecular weight is 230 g/mol. The molecule has 3 nitrogen and oxygen atoms in total. The molecule has 3 N–H and O–H groups in total. The summed E-state index contributed by atoms with van der Waals surface area (Å²) in [5.41, 5.74) is 8.85. The molecule has 1 aromatic carbocycles. The smallest absolute Gasteiger partial charge is 0.126 e. The summed E-state index contributed by atoms with van der Waals surface area (Å²) in [5, 5.41) is 3.36. The SMILES string of the molecule is Cc1ccc(C(C)Nc2cccc(C)c2N)o1. The highest BCUT2D eigenvalue weighted by Crippen LogP contribution is 2.27. The van der Waals surface area contributed by atoms with Crippen molar-refractivity contribution in [2.75, 3.05) is 11.1 Å².